The summed E-state index contributed by atoms with van der Waals surface area (Å²) in [6, 6.07) is 36.7. The molecule has 5 aromatic carbocycles. The van der Waals surface area contributed by atoms with Crippen LogP contribution in [0.4, 0.5) is 18.0 Å². The minimum absolute atomic E-state index is 0.0352. The summed E-state index contributed by atoms with van der Waals surface area (Å²) in [7, 11) is 0. The zero-order chi connectivity index (χ0) is 34.4. The van der Waals surface area contributed by atoms with Crippen LogP contribution in [0.3, 0.4) is 0 Å². The van der Waals surface area contributed by atoms with Crippen LogP contribution in [0.2, 0.25) is 0 Å². The highest BCUT2D eigenvalue weighted by Crippen LogP contribution is 2.52. The summed E-state index contributed by atoms with van der Waals surface area (Å²) >= 11 is 1.70. The molecule has 2 atom stereocenters. The van der Waals surface area contributed by atoms with E-state index in [9.17, 15) is 27.9 Å². The van der Waals surface area contributed by atoms with Gasteiger partial charge in [0.25, 0.3) is 0 Å². The van der Waals surface area contributed by atoms with Gasteiger partial charge >= 0.3 is 12.1 Å². The fourth-order valence-corrected chi connectivity index (χ4v) is 8.01. The number of nitrogens with zero attached hydrogens (tertiary/aromatic N) is 1. The Balaban J connectivity index is 1.32. The van der Waals surface area contributed by atoms with Gasteiger partial charge in [-0.25, -0.2) is 22.8 Å². The maximum absolute atomic E-state index is 14.4. The second-order valence-electron chi connectivity index (χ2n) is 11.6. The van der Waals surface area contributed by atoms with E-state index >= 15 is 0 Å². The fraction of sp³-hybridized carbons (Fsp3) is 0.179. The molecule has 0 aliphatic carbocycles. The number of benzene rings is 5. The van der Waals surface area contributed by atoms with Crippen LogP contribution >= 0.6 is 11.8 Å². The molecule has 0 radical (unpaired) electrons. The van der Waals surface area contributed by atoms with Gasteiger partial charge in [-0.05, 0) is 47.4 Å². The average Bonchev–Trinajstić information content (AvgIpc) is 3.53. The monoisotopic (exact) mass is 683 g/mol. The number of aromatic carboxylic acids is 1. The molecule has 1 amide bonds. The van der Waals surface area contributed by atoms with Crippen LogP contribution in [0, 0.1) is 17.5 Å². The standard InChI is InChI=1S/C39H32F3NO5S/c40-34-22-36(42)35(41)20-27(34)24-47-25-31-21-33(23-43(31)38(46)48-32-18-10-11-26(19-32)37(44)45)49-39(28-12-4-1-5-13-28,29-14-6-2-7-15-29)30-16-8-3-9-17-30/h1-20,22,31,33H,21,23-25H2,(H,44,45)/t31-,33+/m0/s1. The van der Waals surface area contributed by atoms with E-state index in [1.165, 1.54) is 29.2 Å². The van der Waals surface area contributed by atoms with Crippen molar-refractivity contribution in [2.24, 2.45) is 0 Å². The van der Waals surface area contributed by atoms with Crippen molar-refractivity contribution in [3.8, 4) is 5.75 Å². The molecule has 1 heterocycles. The summed E-state index contributed by atoms with van der Waals surface area (Å²) < 4.78 is 52.6. The van der Waals surface area contributed by atoms with Crippen LogP contribution in [-0.4, -0.2) is 46.5 Å². The van der Waals surface area contributed by atoms with E-state index in [0.29, 0.717) is 12.5 Å². The Kier molecular flexibility index (Phi) is 10.4. The molecule has 0 aromatic heterocycles. The number of carbonyl (C=O) groups excluding carboxylic acids is 1. The molecule has 1 fully saturated rings. The first-order valence-corrected chi connectivity index (χ1v) is 16.5. The molecule has 10 heteroatoms. The molecule has 1 aliphatic rings. The van der Waals surface area contributed by atoms with Crippen molar-refractivity contribution in [2.45, 2.75) is 29.1 Å². The predicted octanol–water partition coefficient (Wildman–Crippen LogP) is 8.69. The Morgan fingerprint density at radius 1 is 0.755 bits per heavy atom. The number of carbonyl (C=O) groups is 2. The fourth-order valence-electron chi connectivity index (χ4n) is 6.14. The van der Waals surface area contributed by atoms with Crippen molar-refractivity contribution in [1.29, 1.82) is 0 Å². The predicted molar refractivity (Wildman–Crippen MR) is 181 cm³/mol. The highest BCUT2D eigenvalue weighted by atomic mass is 32.2. The number of carboxylic acids is 1. The van der Waals surface area contributed by atoms with Crippen LogP contribution in [0.5, 0.6) is 5.75 Å². The Morgan fingerprint density at radius 3 is 1.90 bits per heavy atom. The molecule has 250 valence electrons. The first-order chi connectivity index (χ1) is 23.7. The smallest absolute Gasteiger partial charge is 0.415 e. The summed E-state index contributed by atoms with van der Waals surface area (Å²) in [4.78, 5) is 26.8. The molecule has 0 bridgehead atoms. The first-order valence-electron chi connectivity index (χ1n) is 15.6. The lowest BCUT2D eigenvalue weighted by Crippen LogP contribution is -2.40. The quantitative estimate of drug-likeness (QED) is 0.111. The van der Waals surface area contributed by atoms with E-state index in [1.807, 2.05) is 54.6 Å². The van der Waals surface area contributed by atoms with Crippen molar-refractivity contribution in [3.63, 3.8) is 0 Å². The van der Waals surface area contributed by atoms with Crippen LogP contribution in [0.15, 0.2) is 127 Å². The molecule has 5 aromatic rings. The van der Waals surface area contributed by atoms with E-state index in [1.54, 1.807) is 11.8 Å². The zero-order valence-electron chi connectivity index (χ0n) is 26.2. The van der Waals surface area contributed by atoms with E-state index in [2.05, 4.69) is 36.4 Å². The number of halogens is 3. The number of carboxylic acid groups (broad SMARTS) is 1. The van der Waals surface area contributed by atoms with Gasteiger partial charge in [0.2, 0.25) is 0 Å². The number of hydrogen-bond donors (Lipinski definition) is 1. The summed E-state index contributed by atoms with van der Waals surface area (Å²) in [5, 5.41) is 9.26. The van der Waals surface area contributed by atoms with E-state index < -0.39 is 40.3 Å². The van der Waals surface area contributed by atoms with Crippen LogP contribution < -0.4 is 4.74 Å². The number of amides is 1. The third kappa shape index (κ3) is 7.50. The number of likely N-dealkylation sites (tertiary alicyclic amines) is 1. The van der Waals surface area contributed by atoms with E-state index in [-0.39, 0.29) is 41.9 Å². The highest BCUT2D eigenvalue weighted by molar-refractivity contribution is 8.01. The number of thioether (sulfide) groups is 1. The van der Waals surface area contributed by atoms with Crippen molar-refractivity contribution < 1.29 is 37.3 Å². The molecule has 1 saturated heterocycles. The lowest BCUT2D eigenvalue weighted by molar-refractivity contribution is 0.0647. The molecule has 0 spiro atoms. The molecule has 0 saturated carbocycles. The molecular weight excluding hydrogens is 651 g/mol. The van der Waals surface area contributed by atoms with Crippen LogP contribution in [-0.2, 0) is 16.1 Å². The zero-order valence-corrected chi connectivity index (χ0v) is 27.0. The molecule has 6 rings (SSSR count). The Morgan fingerprint density at radius 2 is 1.33 bits per heavy atom. The van der Waals surface area contributed by atoms with E-state index in [0.717, 1.165) is 22.8 Å². The van der Waals surface area contributed by atoms with Gasteiger partial charge in [0.1, 0.15) is 11.6 Å². The van der Waals surface area contributed by atoms with Crippen molar-refractivity contribution in [2.75, 3.05) is 13.2 Å². The van der Waals surface area contributed by atoms with Crippen LogP contribution in [0.1, 0.15) is 39.0 Å². The Bertz CT molecular complexity index is 1820. The Hall–Kier alpha value is -5.06. The summed E-state index contributed by atoms with van der Waals surface area (Å²) in [6.07, 6.45) is -0.244. The van der Waals surface area contributed by atoms with Gasteiger partial charge in [-0.15, -0.1) is 11.8 Å². The molecule has 49 heavy (non-hydrogen) atoms. The third-order valence-corrected chi connectivity index (χ3v) is 10.2. The van der Waals surface area contributed by atoms with Crippen molar-refractivity contribution >= 4 is 23.8 Å². The normalized spacial score (nSPS) is 16.0. The van der Waals surface area contributed by atoms with Crippen molar-refractivity contribution in [3.05, 3.63) is 173 Å². The number of rotatable bonds is 11. The number of ether oxygens (including phenoxy) is 2. The van der Waals surface area contributed by atoms with Crippen LogP contribution in [0.25, 0.3) is 0 Å². The highest BCUT2D eigenvalue weighted by Gasteiger charge is 2.44. The van der Waals surface area contributed by atoms with Gasteiger partial charge < -0.3 is 19.5 Å². The second kappa shape index (κ2) is 15.0. The van der Waals surface area contributed by atoms with Gasteiger partial charge in [-0.1, -0.05) is 97.1 Å². The lowest BCUT2D eigenvalue weighted by atomic mass is 9.84. The van der Waals surface area contributed by atoms with Gasteiger partial charge in [0, 0.05) is 23.4 Å². The number of hydrogen-bond acceptors (Lipinski definition) is 5. The molecule has 1 N–H and O–H groups in total. The van der Waals surface area contributed by atoms with Gasteiger partial charge in [0.05, 0.1) is 29.6 Å². The average molecular weight is 684 g/mol. The molecular formula is C39H32F3NO5S. The lowest BCUT2D eigenvalue weighted by Gasteiger charge is -2.37. The summed E-state index contributed by atoms with van der Waals surface area (Å²) in [5.41, 5.74) is 2.95. The summed E-state index contributed by atoms with van der Waals surface area (Å²) in [5.74, 6) is -4.52. The second-order valence-corrected chi connectivity index (χ2v) is 13.1. The maximum Gasteiger partial charge on any atom is 0.415 e. The van der Waals surface area contributed by atoms with Gasteiger partial charge in [-0.2, -0.15) is 0 Å². The van der Waals surface area contributed by atoms with Crippen molar-refractivity contribution in [1.82, 2.24) is 4.90 Å². The summed E-state index contributed by atoms with van der Waals surface area (Å²) in [6.45, 7) is -0.137. The molecule has 1 aliphatic heterocycles. The minimum atomic E-state index is -1.29. The topological polar surface area (TPSA) is 76.1 Å². The minimum Gasteiger partial charge on any atom is -0.478 e. The molecule has 6 nitrogen and oxygen atoms in total. The SMILES string of the molecule is O=C(O)c1cccc(OC(=O)N2C[C@H](SC(c3ccccc3)(c3ccccc3)c3ccccc3)C[C@H]2COCc2cc(F)c(F)cc2F)c1. The van der Waals surface area contributed by atoms with Gasteiger partial charge in [-0.3, -0.25) is 0 Å². The maximum atomic E-state index is 14.4. The van der Waals surface area contributed by atoms with E-state index in [4.69, 9.17) is 9.47 Å². The largest absolute Gasteiger partial charge is 0.478 e. The van der Waals surface area contributed by atoms with Gasteiger partial charge in [0.15, 0.2) is 11.6 Å². The first kappa shape index (κ1) is 33.8. The Labute approximate surface area is 286 Å². The third-order valence-electron chi connectivity index (χ3n) is 8.44. The molecule has 0 unspecified atom stereocenters.